The number of rotatable bonds is 5. The van der Waals surface area contributed by atoms with Gasteiger partial charge in [0.15, 0.2) is 11.5 Å². The minimum absolute atomic E-state index is 0.741. The Bertz CT molecular complexity index is 414. The van der Waals surface area contributed by atoms with E-state index in [1.54, 1.807) is 20.4 Å². The van der Waals surface area contributed by atoms with Crippen LogP contribution in [0.3, 0.4) is 0 Å². The zero-order valence-electron chi connectivity index (χ0n) is 11.6. The van der Waals surface area contributed by atoms with Gasteiger partial charge in [-0.3, -0.25) is 9.88 Å². The van der Waals surface area contributed by atoms with Crippen molar-refractivity contribution in [2.75, 3.05) is 32.6 Å². The van der Waals surface area contributed by atoms with E-state index in [9.17, 15) is 0 Å². The number of halogens is 1. The van der Waals surface area contributed by atoms with Gasteiger partial charge < -0.3 is 9.47 Å². The van der Waals surface area contributed by atoms with Crippen molar-refractivity contribution in [2.45, 2.75) is 19.4 Å². The Labute approximate surface area is 123 Å². The molecule has 0 aromatic carbocycles. The first-order valence-corrected chi connectivity index (χ1v) is 7.74. The number of methoxy groups -OCH3 is 2. The van der Waals surface area contributed by atoms with Crippen molar-refractivity contribution in [1.29, 1.82) is 0 Å². The molecule has 5 heteroatoms. The lowest BCUT2D eigenvalue weighted by molar-refractivity contribution is 0.175. The van der Waals surface area contributed by atoms with Crippen molar-refractivity contribution in [3.63, 3.8) is 0 Å². The number of likely N-dealkylation sites (tertiary alicyclic amines) is 1. The molecule has 0 spiro atoms. The maximum absolute atomic E-state index is 5.44. The molecule has 1 aromatic heterocycles. The summed E-state index contributed by atoms with van der Waals surface area (Å²) in [5.41, 5.74) is 0.956. The van der Waals surface area contributed by atoms with Crippen molar-refractivity contribution in [1.82, 2.24) is 9.88 Å². The molecule has 2 heterocycles. The van der Waals surface area contributed by atoms with Gasteiger partial charge in [0, 0.05) is 30.7 Å². The molecule has 1 aromatic rings. The number of hydrogen-bond donors (Lipinski definition) is 0. The lowest BCUT2D eigenvalue weighted by Crippen LogP contribution is -2.35. The van der Waals surface area contributed by atoms with E-state index in [0.29, 0.717) is 0 Å². The van der Waals surface area contributed by atoms with Gasteiger partial charge in [0.05, 0.1) is 14.2 Å². The molecule has 0 N–H and O–H groups in total. The van der Waals surface area contributed by atoms with Crippen LogP contribution in [0.2, 0.25) is 0 Å². The van der Waals surface area contributed by atoms with Crippen molar-refractivity contribution < 1.29 is 9.47 Å². The molecular formula is C14H21BrN2O2. The maximum atomic E-state index is 5.44. The number of piperidine rings is 1. The van der Waals surface area contributed by atoms with Crippen LogP contribution in [-0.4, -0.2) is 42.5 Å². The number of hydrogen-bond acceptors (Lipinski definition) is 4. The van der Waals surface area contributed by atoms with Crippen LogP contribution in [-0.2, 0) is 6.54 Å². The molecule has 1 saturated heterocycles. The highest BCUT2D eigenvalue weighted by Crippen LogP contribution is 2.30. The highest BCUT2D eigenvalue weighted by molar-refractivity contribution is 9.09. The van der Waals surface area contributed by atoms with Crippen LogP contribution >= 0.6 is 15.9 Å². The molecule has 19 heavy (non-hydrogen) atoms. The topological polar surface area (TPSA) is 34.6 Å². The number of alkyl halides is 1. The third-order valence-electron chi connectivity index (χ3n) is 3.56. The van der Waals surface area contributed by atoms with Gasteiger partial charge in [0.2, 0.25) is 0 Å². The SMILES string of the molecule is COc1ccnc(CN2CCCC(CBr)C2)c1OC. The second-order valence-electron chi connectivity index (χ2n) is 4.89. The van der Waals surface area contributed by atoms with Crippen LogP contribution in [0.4, 0.5) is 0 Å². The van der Waals surface area contributed by atoms with E-state index in [1.807, 2.05) is 6.07 Å². The van der Waals surface area contributed by atoms with E-state index in [4.69, 9.17) is 9.47 Å². The van der Waals surface area contributed by atoms with Gasteiger partial charge in [0.25, 0.3) is 0 Å². The lowest BCUT2D eigenvalue weighted by atomic mass is 10.00. The average Bonchev–Trinajstić information content (AvgIpc) is 2.47. The van der Waals surface area contributed by atoms with Gasteiger partial charge in [-0.05, 0) is 25.3 Å². The summed E-state index contributed by atoms with van der Waals surface area (Å²) >= 11 is 3.59. The first-order valence-electron chi connectivity index (χ1n) is 6.62. The summed E-state index contributed by atoms with van der Waals surface area (Å²) in [7, 11) is 3.32. The predicted molar refractivity (Wildman–Crippen MR) is 79.1 cm³/mol. The average molecular weight is 329 g/mol. The Balaban J connectivity index is 2.10. The lowest BCUT2D eigenvalue weighted by Gasteiger charge is -2.31. The molecule has 4 nitrogen and oxygen atoms in total. The summed E-state index contributed by atoms with van der Waals surface area (Å²) in [4.78, 5) is 6.89. The third kappa shape index (κ3) is 3.60. The van der Waals surface area contributed by atoms with E-state index < -0.39 is 0 Å². The smallest absolute Gasteiger partial charge is 0.183 e. The first kappa shape index (κ1) is 14.6. The standard InChI is InChI=1S/C14H21BrN2O2/c1-18-13-5-6-16-12(14(13)19-2)10-17-7-3-4-11(8-15)9-17/h5-6,11H,3-4,7-10H2,1-2H3. The van der Waals surface area contributed by atoms with Crippen molar-refractivity contribution in [3.8, 4) is 11.5 Å². The fourth-order valence-corrected chi connectivity index (χ4v) is 3.12. The van der Waals surface area contributed by atoms with Crippen molar-refractivity contribution in [3.05, 3.63) is 18.0 Å². The fraction of sp³-hybridized carbons (Fsp3) is 0.643. The van der Waals surface area contributed by atoms with Gasteiger partial charge in [-0.2, -0.15) is 0 Å². The van der Waals surface area contributed by atoms with Crippen LogP contribution < -0.4 is 9.47 Å². The molecule has 1 unspecified atom stereocenters. The van der Waals surface area contributed by atoms with Crippen molar-refractivity contribution >= 4 is 15.9 Å². The number of ether oxygens (including phenoxy) is 2. The van der Waals surface area contributed by atoms with E-state index in [1.165, 1.54) is 12.8 Å². The van der Waals surface area contributed by atoms with E-state index in [2.05, 4.69) is 25.8 Å². The molecule has 0 bridgehead atoms. The second-order valence-corrected chi connectivity index (χ2v) is 5.54. The van der Waals surface area contributed by atoms with Gasteiger partial charge in [-0.1, -0.05) is 15.9 Å². The Morgan fingerprint density at radius 3 is 2.95 bits per heavy atom. The molecule has 0 radical (unpaired) electrons. The predicted octanol–water partition coefficient (Wildman–Crippen LogP) is 2.71. The largest absolute Gasteiger partial charge is 0.493 e. The zero-order valence-corrected chi connectivity index (χ0v) is 13.1. The molecule has 0 amide bonds. The molecular weight excluding hydrogens is 308 g/mol. The van der Waals surface area contributed by atoms with E-state index >= 15 is 0 Å². The summed E-state index contributed by atoms with van der Waals surface area (Å²) in [6.07, 6.45) is 4.34. The minimum Gasteiger partial charge on any atom is -0.493 e. The normalized spacial score (nSPS) is 20.3. The molecule has 1 aliphatic rings. The highest BCUT2D eigenvalue weighted by Gasteiger charge is 2.21. The number of pyridine rings is 1. The minimum atomic E-state index is 0.741. The quantitative estimate of drug-likeness (QED) is 0.778. The molecule has 106 valence electrons. The van der Waals surface area contributed by atoms with Crippen LogP contribution in [0.1, 0.15) is 18.5 Å². The maximum Gasteiger partial charge on any atom is 0.183 e. The summed E-state index contributed by atoms with van der Waals surface area (Å²) in [5, 5.41) is 1.08. The first-order chi connectivity index (χ1) is 9.28. The van der Waals surface area contributed by atoms with Gasteiger partial charge in [-0.15, -0.1) is 0 Å². The monoisotopic (exact) mass is 328 g/mol. The summed E-state index contributed by atoms with van der Waals surface area (Å²) in [6, 6.07) is 1.83. The third-order valence-corrected chi connectivity index (χ3v) is 4.48. The second kappa shape index (κ2) is 7.10. The Kier molecular flexibility index (Phi) is 5.45. The molecule has 1 fully saturated rings. The zero-order chi connectivity index (χ0) is 13.7. The summed E-state index contributed by atoms with van der Waals surface area (Å²) in [5.74, 6) is 2.25. The Morgan fingerprint density at radius 2 is 2.26 bits per heavy atom. The highest BCUT2D eigenvalue weighted by atomic mass is 79.9. The Hall–Kier alpha value is -0.810. The van der Waals surface area contributed by atoms with E-state index in [-0.39, 0.29) is 0 Å². The molecule has 1 aliphatic heterocycles. The molecule has 0 saturated carbocycles. The van der Waals surface area contributed by atoms with Crippen LogP contribution in [0.5, 0.6) is 11.5 Å². The molecule has 0 aliphatic carbocycles. The molecule has 2 rings (SSSR count). The number of nitrogens with zero attached hydrogens (tertiary/aromatic N) is 2. The summed E-state index contributed by atoms with van der Waals surface area (Å²) < 4.78 is 10.8. The van der Waals surface area contributed by atoms with Gasteiger partial charge >= 0.3 is 0 Å². The van der Waals surface area contributed by atoms with Gasteiger partial charge in [-0.25, -0.2) is 0 Å². The number of aromatic nitrogens is 1. The van der Waals surface area contributed by atoms with Crippen LogP contribution in [0.15, 0.2) is 12.3 Å². The molecule has 1 atom stereocenters. The summed E-state index contributed by atoms with van der Waals surface area (Å²) in [6.45, 7) is 3.07. The van der Waals surface area contributed by atoms with Crippen LogP contribution in [0.25, 0.3) is 0 Å². The van der Waals surface area contributed by atoms with Crippen molar-refractivity contribution in [2.24, 2.45) is 5.92 Å². The van der Waals surface area contributed by atoms with Crippen LogP contribution in [0, 0.1) is 5.92 Å². The Morgan fingerprint density at radius 1 is 1.42 bits per heavy atom. The fourth-order valence-electron chi connectivity index (χ4n) is 2.60. The van der Waals surface area contributed by atoms with E-state index in [0.717, 1.165) is 48.1 Å². The van der Waals surface area contributed by atoms with Gasteiger partial charge in [0.1, 0.15) is 5.69 Å².